The van der Waals surface area contributed by atoms with Crippen molar-refractivity contribution in [2.75, 3.05) is 6.61 Å². The van der Waals surface area contributed by atoms with E-state index in [1.165, 1.54) is 4.90 Å². The lowest BCUT2D eigenvalue weighted by Gasteiger charge is -2.19. The minimum Gasteiger partial charge on any atom is -0.446 e. The molecule has 1 aromatic carbocycles. The lowest BCUT2D eigenvalue weighted by molar-refractivity contribution is -0.129. The van der Waals surface area contributed by atoms with E-state index in [-0.39, 0.29) is 18.6 Å². The molecule has 0 bridgehead atoms. The van der Waals surface area contributed by atoms with E-state index in [1.807, 2.05) is 30.3 Å². The third-order valence-corrected chi connectivity index (χ3v) is 4.04. The first kappa shape index (κ1) is 12.2. The molecule has 1 saturated heterocycles. The number of benzene rings is 1. The monoisotopic (exact) mass is 259 g/mol. The zero-order valence-electron chi connectivity index (χ0n) is 10.9. The highest BCUT2D eigenvalue weighted by Crippen LogP contribution is 2.41. The molecule has 1 heterocycles. The van der Waals surface area contributed by atoms with Gasteiger partial charge >= 0.3 is 6.09 Å². The van der Waals surface area contributed by atoms with E-state index in [4.69, 9.17) is 4.74 Å². The van der Waals surface area contributed by atoms with Crippen molar-refractivity contribution in [3.05, 3.63) is 35.9 Å². The number of rotatable bonds is 3. The van der Waals surface area contributed by atoms with Crippen LogP contribution in [-0.2, 0) is 9.53 Å². The van der Waals surface area contributed by atoms with Crippen LogP contribution >= 0.6 is 0 Å². The second kappa shape index (κ2) is 4.68. The normalized spacial score (nSPS) is 29.2. The lowest BCUT2D eigenvalue weighted by atomic mass is 10.1. The fraction of sp³-hybridized carbons (Fsp3) is 0.467. The van der Waals surface area contributed by atoms with E-state index >= 15 is 0 Å². The molecule has 2 aliphatic rings. The first-order valence-corrected chi connectivity index (χ1v) is 6.70. The van der Waals surface area contributed by atoms with Gasteiger partial charge in [-0.2, -0.15) is 0 Å². The van der Waals surface area contributed by atoms with Crippen molar-refractivity contribution in [3.8, 4) is 0 Å². The quantitative estimate of drug-likeness (QED) is 0.838. The number of carbonyl (C=O) groups is 2. The topological polar surface area (TPSA) is 46.6 Å². The molecule has 0 spiro atoms. The molecule has 4 heteroatoms. The highest BCUT2D eigenvalue weighted by molar-refractivity contribution is 5.94. The van der Waals surface area contributed by atoms with Crippen LogP contribution in [0.15, 0.2) is 30.3 Å². The third-order valence-electron chi connectivity index (χ3n) is 4.04. The van der Waals surface area contributed by atoms with Crippen molar-refractivity contribution in [2.45, 2.75) is 25.8 Å². The third kappa shape index (κ3) is 2.35. The minimum absolute atomic E-state index is 0.106. The summed E-state index contributed by atoms with van der Waals surface area (Å²) < 4.78 is 5.05. The molecule has 3 rings (SSSR count). The van der Waals surface area contributed by atoms with Crippen molar-refractivity contribution in [2.24, 2.45) is 11.8 Å². The van der Waals surface area contributed by atoms with Crippen LogP contribution in [0.25, 0.3) is 0 Å². The van der Waals surface area contributed by atoms with E-state index in [0.29, 0.717) is 18.3 Å². The van der Waals surface area contributed by atoms with Crippen LogP contribution in [0.1, 0.15) is 31.4 Å². The van der Waals surface area contributed by atoms with Gasteiger partial charge in [-0.25, -0.2) is 9.69 Å². The van der Waals surface area contributed by atoms with Crippen LogP contribution < -0.4 is 0 Å². The van der Waals surface area contributed by atoms with Crippen molar-refractivity contribution in [1.82, 2.24) is 4.90 Å². The van der Waals surface area contributed by atoms with Crippen LogP contribution in [-0.4, -0.2) is 23.5 Å². The molecular formula is C15H17NO3. The summed E-state index contributed by atoms with van der Waals surface area (Å²) in [6.45, 7) is 2.39. The summed E-state index contributed by atoms with van der Waals surface area (Å²) in [6, 6.07) is 9.31. The maximum atomic E-state index is 12.3. The van der Waals surface area contributed by atoms with Gasteiger partial charge in [0.2, 0.25) is 5.91 Å². The zero-order valence-corrected chi connectivity index (χ0v) is 10.9. The van der Waals surface area contributed by atoms with Gasteiger partial charge in [0.15, 0.2) is 0 Å². The number of carbonyl (C=O) groups excluding carboxylic acids is 2. The Hall–Kier alpha value is -1.84. The summed E-state index contributed by atoms with van der Waals surface area (Å²) in [5.74, 6) is 0.945. The predicted molar refractivity (Wildman–Crippen MR) is 69.3 cm³/mol. The minimum atomic E-state index is -0.507. The van der Waals surface area contributed by atoms with Gasteiger partial charge in [-0.1, -0.05) is 37.3 Å². The van der Waals surface area contributed by atoms with E-state index in [9.17, 15) is 9.59 Å². The Kier molecular flexibility index (Phi) is 3.01. The molecule has 0 N–H and O–H groups in total. The predicted octanol–water partition coefficient (Wildman–Crippen LogP) is 2.75. The second-order valence-electron chi connectivity index (χ2n) is 5.44. The Morgan fingerprint density at radius 2 is 2.05 bits per heavy atom. The van der Waals surface area contributed by atoms with Gasteiger partial charge in [0.25, 0.3) is 0 Å². The van der Waals surface area contributed by atoms with Crippen LogP contribution in [0.2, 0.25) is 0 Å². The molecule has 100 valence electrons. The molecule has 2 unspecified atom stereocenters. The smallest absolute Gasteiger partial charge is 0.417 e. The van der Waals surface area contributed by atoms with E-state index in [2.05, 4.69) is 6.92 Å². The van der Waals surface area contributed by atoms with E-state index in [0.717, 1.165) is 12.0 Å². The van der Waals surface area contributed by atoms with Crippen LogP contribution in [0.5, 0.6) is 0 Å². The average molecular weight is 259 g/mol. The number of hydrogen-bond acceptors (Lipinski definition) is 3. The van der Waals surface area contributed by atoms with Crippen LogP contribution in [0.3, 0.4) is 0 Å². The number of amides is 2. The van der Waals surface area contributed by atoms with Gasteiger partial charge in [-0.15, -0.1) is 0 Å². The molecule has 4 nitrogen and oxygen atoms in total. The summed E-state index contributed by atoms with van der Waals surface area (Å²) in [7, 11) is 0. The van der Waals surface area contributed by atoms with Gasteiger partial charge in [-0.3, -0.25) is 4.79 Å². The molecule has 1 aliphatic heterocycles. The van der Waals surface area contributed by atoms with Crippen LogP contribution in [0.4, 0.5) is 4.79 Å². The van der Waals surface area contributed by atoms with Gasteiger partial charge in [0.1, 0.15) is 12.6 Å². The van der Waals surface area contributed by atoms with Gasteiger partial charge in [-0.05, 0) is 23.8 Å². The first-order valence-electron chi connectivity index (χ1n) is 6.70. The Morgan fingerprint density at radius 3 is 2.68 bits per heavy atom. The maximum absolute atomic E-state index is 12.3. The zero-order chi connectivity index (χ0) is 13.4. The van der Waals surface area contributed by atoms with Crippen molar-refractivity contribution in [3.63, 3.8) is 0 Å². The number of cyclic esters (lactones) is 1. The fourth-order valence-corrected chi connectivity index (χ4v) is 2.62. The summed E-state index contributed by atoms with van der Waals surface area (Å²) in [5, 5.41) is 0. The molecular weight excluding hydrogens is 242 g/mol. The largest absolute Gasteiger partial charge is 0.446 e. The maximum Gasteiger partial charge on any atom is 0.417 e. The van der Waals surface area contributed by atoms with Crippen molar-refractivity contribution >= 4 is 12.0 Å². The summed E-state index contributed by atoms with van der Waals surface area (Å²) in [6.07, 6.45) is 1.04. The molecule has 1 saturated carbocycles. The van der Waals surface area contributed by atoms with Gasteiger partial charge in [0, 0.05) is 6.42 Å². The van der Waals surface area contributed by atoms with E-state index < -0.39 is 6.09 Å². The standard InChI is InChI=1S/C15H17NO3/c1-10-7-12(10)8-14(17)16-13(9-19-15(16)18)11-5-3-2-4-6-11/h2-6,10,12-13H,7-9H2,1H3/t10?,12?,13-/m0/s1. The van der Waals surface area contributed by atoms with Crippen molar-refractivity contribution < 1.29 is 14.3 Å². The summed E-state index contributed by atoms with van der Waals surface area (Å²) in [4.78, 5) is 25.3. The Balaban J connectivity index is 1.77. The van der Waals surface area contributed by atoms with Gasteiger partial charge < -0.3 is 4.74 Å². The van der Waals surface area contributed by atoms with Crippen molar-refractivity contribution in [1.29, 1.82) is 0 Å². The van der Waals surface area contributed by atoms with Crippen LogP contribution in [0, 0.1) is 11.8 Å². The Labute approximate surface area is 112 Å². The first-order chi connectivity index (χ1) is 9.16. The molecule has 0 aromatic heterocycles. The fourth-order valence-electron chi connectivity index (χ4n) is 2.62. The molecule has 1 aliphatic carbocycles. The highest BCUT2D eigenvalue weighted by Gasteiger charge is 2.42. The second-order valence-corrected chi connectivity index (χ2v) is 5.44. The molecule has 2 fully saturated rings. The lowest BCUT2D eigenvalue weighted by Crippen LogP contribution is -2.34. The average Bonchev–Trinajstić information content (AvgIpc) is 2.95. The molecule has 0 radical (unpaired) electrons. The van der Waals surface area contributed by atoms with E-state index in [1.54, 1.807) is 0 Å². The molecule has 2 amide bonds. The molecule has 1 aromatic rings. The molecule has 19 heavy (non-hydrogen) atoms. The highest BCUT2D eigenvalue weighted by atomic mass is 16.6. The summed E-state index contributed by atoms with van der Waals surface area (Å²) in [5.41, 5.74) is 0.950. The number of nitrogens with zero attached hydrogens (tertiary/aromatic N) is 1. The van der Waals surface area contributed by atoms with Gasteiger partial charge in [0.05, 0.1) is 0 Å². The SMILES string of the molecule is CC1CC1CC(=O)N1C(=O)OC[C@H]1c1ccccc1. The molecule has 3 atom stereocenters. The Bertz CT molecular complexity index is 499. The number of ether oxygens (including phenoxy) is 1. The number of imide groups is 1. The summed E-state index contributed by atoms with van der Waals surface area (Å²) >= 11 is 0. The Morgan fingerprint density at radius 1 is 1.37 bits per heavy atom. The number of hydrogen-bond donors (Lipinski definition) is 0.